The van der Waals surface area contributed by atoms with E-state index in [-0.39, 0.29) is 31.9 Å². The molecule has 4 atom stereocenters. The van der Waals surface area contributed by atoms with Gasteiger partial charge in [-0.15, -0.1) is 6.58 Å². The van der Waals surface area contributed by atoms with Crippen LogP contribution in [0.5, 0.6) is 0 Å². The first-order valence-electron chi connectivity index (χ1n) is 14.5. The summed E-state index contributed by atoms with van der Waals surface area (Å²) in [7, 11) is 1.14. The van der Waals surface area contributed by atoms with Gasteiger partial charge in [0.25, 0.3) is 5.91 Å². The molecule has 0 bridgehead atoms. The highest BCUT2D eigenvalue weighted by atomic mass is 16.5. The molecule has 0 spiro atoms. The van der Waals surface area contributed by atoms with E-state index < -0.39 is 77.4 Å². The maximum atomic E-state index is 14.0. The number of allylic oxidation sites excluding steroid dienone is 1. The number of esters is 1. The van der Waals surface area contributed by atoms with E-state index in [1.54, 1.807) is 20.8 Å². The maximum absolute atomic E-state index is 14.0. The second kappa shape index (κ2) is 16.4. The Hall–Kier alpha value is -3.48. The number of rotatable bonds is 14. The largest absolute Gasteiger partial charge is 0.468 e. The molecule has 0 radical (unpaired) electrons. The molecule has 13 heteroatoms. The quantitative estimate of drug-likeness (QED) is 0.151. The lowest BCUT2D eigenvalue weighted by molar-refractivity contribution is -0.145. The number of ether oxygens (including phenoxy) is 3. The van der Waals surface area contributed by atoms with Crippen LogP contribution in [0.1, 0.15) is 74.7 Å². The van der Waals surface area contributed by atoms with Crippen LogP contribution in [0.15, 0.2) is 12.7 Å². The van der Waals surface area contributed by atoms with Gasteiger partial charge in [-0.3, -0.25) is 24.0 Å². The number of carbonyl (C=O) groups is 6. The minimum atomic E-state index is -1.25. The monoisotopic (exact) mass is 610 g/mol. The lowest BCUT2D eigenvalue weighted by atomic mass is 9.85. The van der Waals surface area contributed by atoms with E-state index >= 15 is 0 Å². The Labute approximate surface area is 254 Å². The third-order valence-corrected chi connectivity index (χ3v) is 6.43. The molecule has 1 aliphatic rings. The zero-order valence-electron chi connectivity index (χ0n) is 27.0. The van der Waals surface area contributed by atoms with Crippen molar-refractivity contribution in [2.45, 2.75) is 104 Å². The van der Waals surface area contributed by atoms with Gasteiger partial charge in [-0.25, -0.2) is 4.79 Å². The van der Waals surface area contributed by atoms with Crippen molar-refractivity contribution in [3.63, 3.8) is 0 Å². The van der Waals surface area contributed by atoms with Crippen LogP contribution in [0.4, 0.5) is 4.79 Å². The molecular weight excluding hydrogens is 560 g/mol. The fraction of sp³-hybridized carbons (Fsp3) is 0.733. The Morgan fingerprint density at radius 1 is 1.02 bits per heavy atom. The van der Waals surface area contributed by atoms with Crippen molar-refractivity contribution in [2.75, 3.05) is 26.8 Å². The van der Waals surface area contributed by atoms with Gasteiger partial charge in [0.1, 0.15) is 18.6 Å². The molecule has 0 aliphatic carbocycles. The number of hydrogen-bond donors (Lipinski definition) is 3. The van der Waals surface area contributed by atoms with E-state index in [4.69, 9.17) is 9.47 Å². The SMILES string of the molecule is C=CCCC(NC(=O)C1CC(OC(C)(C)C)CN1C(=O)C(NC(=O)OCC(C)C)C(C)(C)C)C(=O)C(=O)NCC(=O)OC. The number of carbonyl (C=O) groups excluding carboxylic acids is 6. The average molecular weight is 611 g/mol. The molecule has 1 aliphatic heterocycles. The van der Waals surface area contributed by atoms with Crippen molar-refractivity contribution in [1.29, 1.82) is 0 Å². The van der Waals surface area contributed by atoms with Crippen molar-refractivity contribution in [1.82, 2.24) is 20.9 Å². The molecule has 3 N–H and O–H groups in total. The highest BCUT2D eigenvalue weighted by Crippen LogP contribution is 2.29. The number of ketones is 1. The number of nitrogens with zero attached hydrogens (tertiary/aromatic N) is 1. The van der Waals surface area contributed by atoms with Crippen LogP contribution in [-0.4, -0.2) is 97.1 Å². The summed E-state index contributed by atoms with van der Waals surface area (Å²) in [6.45, 7) is 18.0. The number of Topliss-reactive ketones (excluding diaryl/α,β-unsaturated/α-hetero) is 1. The number of alkyl carbamates (subject to hydrolysis) is 1. The fourth-order valence-electron chi connectivity index (χ4n) is 4.38. The second-order valence-corrected chi connectivity index (χ2v) is 13.1. The Balaban J connectivity index is 3.30. The summed E-state index contributed by atoms with van der Waals surface area (Å²) in [5.41, 5.74) is -1.33. The van der Waals surface area contributed by atoms with Crippen LogP contribution in [0.2, 0.25) is 0 Å². The predicted molar refractivity (Wildman–Crippen MR) is 159 cm³/mol. The van der Waals surface area contributed by atoms with E-state index in [0.29, 0.717) is 6.42 Å². The van der Waals surface area contributed by atoms with Crippen molar-refractivity contribution >= 4 is 35.6 Å². The Kier molecular flexibility index (Phi) is 14.3. The zero-order chi connectivity index (χ0) is 33.1. The standard InChI is InChI=1S/C30H50N4O9/c1-11-12-13-20(23(36)26(38)31-15-22(35)41-10)32-25(37)21-14-19(43-30(7,8)9)16-34(21)27(39)24(29(4,5)6)33-28(40)42-17-18(2)3/h11,18-21,24H,1,12-17H2,2-10H3,(H,31,38)(H,32,37)(H,33,40). The molecule has 4 amide bonds. The Morgan fingerprint density at radius 3 is 2.16 bits per heavy atom. The summed E-state index contributed by atoms with van der Waals surface area (Å²) in [4.78, 5) is 78.4. The summed E-state index contributed by atoms with van der Waals surface area (Å²) in [5.74, 6) is -3.85. The summed E-state index contributed by atoms with van der Waals surface area (Å²) < 4.78 is 15.8. The van der Waals surface area contributed by atoms with E-state index in [1.165, 1.54) is 11.0 Å². The number of hydrogen-bond acceptors (Lipinski definition) is 9. The van der Waals surface area contributed by atoms with Gasteiger partial charge in [-0.2, -0.15) is 0 Å². The normalized spacial score (nSPS) is 18.3. The highest BCUT2D eigenvalue weighted by Gasteiger charge is 2.46. The number of nitrogens with one attached hydrogen (secondary N) is 3. The molecular formula is C30H50N4O9. The Bertz CT molecular complexity index is 1030. The van der Waals surface area contributed by atoms with Crippen LogP contribution in [-0.2, 0) is 38.2 Å². The smallest absolute Gasteiger partial charge is 0.407 e. The average Bonchev–Trinajstić information content (AvgIpc) is 3.31. The molecule has 0 aromatic carbocycles. The van der Waals surface area contributed by atoms with Crippen LogP contribution in [0, 0.1) is 11.3 Å². The maximum Gasteiger partial charge on any atom is 0.407 e. The number of likely N-dealkylation sites (tertiary alicyclic amines) is 1. The highest BCUT2D eigenvalue weighted by molar-refractivity contribution is 6.38. The third kappa shape index (κ3) is 12.7. The van der Waals surface area contributed by atoms with Gasteiger partial charge in [0.15, 0.2) is 0 Å². The molecule has 4 unspecified atom stereocenters. The van der Waals surface area contributed by atoms with E-state index in [9.17, 15) is 28.8 Å². The zero-order valence-corrected chi connectivity index (χ0v) is 27.0. The van der Waals surface area contributed by atoms with Gasteiger partial charge in [0.2, 0.25) is 17.6 Å². The summed E-state index contributed by atoms with van der Waals surface area (Å²) in [5, 5.41) is 7.46. The summed E-state index contributed by atoms with van der Waals surface area (Å²) in [6, 6.07) is -3.35. The molecule has 244 valence electrons. The molecule has 1 rings (SSSR count). The predicted octanol–water partition coefficient (Wildman–Crippen LogP) is 1.88. The van der Waals surface area contributed by atoms with Gasteiger partial charge >= 0.3 is 12.1 Å². The fourth-order valence-corrected chi connectivity index (χ4v) is 4.38. The first-order valence-corrected chi connectivity index (χ1v) is 14.5. The number of methoxy groups -OCH3 is 1. The van der Waals surface area contributed by atoms with E-state index in [0.717, 1.165) is 7.11 Å². The summed E-state index contributed by atoms with van der Waals surface area (Å²) in [6.07, 6.45) is 0.765. The van der Waals surface area contributed by atoms with Crippen LogP contribution >= 0.6 is 0 Å². The Morgan fingerprint density at radius 2 is 1.65 bits per heavy atom. The number of amides is 4. The summed E-state index contributed by atoms with van der Waals surface area (Å²) >= 11 is 0. The van der Waals surface area contributed by atoms with Crippen molar-refractivity contribution in [3.05, 3.63) is 12.7 Å². The first-order chi connectivity index (χ1) is 19.8. The van der Waals surface area contributed by atoms with Gasteiger partial charge in [-0.05, 0) is 44.9 Å². The molecule has 1 saturated heterocycles. The molecule has 1 fully saturated rings. The van der Waals surface area contributed by atoms with E-state index in [1.807, 2.05) is 34.6 Å². The van der Waals surface area contributed by atoms with E-state index in [2.05, 4.69) is 27.3 Å². The van der Waals surface area contributed by atoms with Gasteiger partial charge in [0, 0.05) is 13.0 Å². The van der Waals surface area contributed by atoms with Gasteiger partial charge < -0.3 is 35.1 Å². The van der Waals surface area contributed by atoms with Gasteiger partial charge in [0.05, 0.1) is 31.5 Å². The van der Waals surface area contributed by atoms with Crippen LogP contribution in [0.25, 0.3) is 0 Å². The molecule has 13 nitrogen and oxygen atoms in total. The van der Waals surface area contributed by atoms with Crippen LogP contribution in [0.3, 0.4) is 0 Å². The lowest BCUT2D eigenvalue weighted by Crippen LogP contribution is -2.59. The second-order valence-electron chi connectivity index (χ2n) is 13.1. The van der Waals surface area contributed by atoms with Crippen LogP contribution < -0.4 is 16.0 Å². The lowest BCUT2D eigenvalue weighted by Gasteiger charge is -2.35. The minimum absolute atomic E-state index is 0.0639. The first kappa shape index (κ1) is 37.5. The van der Waals surface area contributed by atoms with Crippen molar-refractivity contribution < 1.29 is 43.0 Å². The molecule has 0 aromatic rings. The third-order valence-electron chi connectivity index (χ3n) is 6.43. The minimum Gasteiger partial charge on any atom is -0.468 e. The van der Waals surface area contributed by atoms with Crippen molar-refractivity contribution in [3.8, 4) is 0 Å². The molecule has 0 aromatic heterocycles. The topological polar surface area (TPSA) is 169 Å². The molecule has 43 heavy (non-hydrogen) atoms. The van der Waals surface area contributed by atoms with Gasteiger partial charge in [-0.1, -0.05) is 40.7 Å². The molecule has 1 heterocycles. The van der Waals surface area contributed by atoms with Crippen molar-refractivity contribution in [2.24, 2.45) is 11.3 Å². The molecule has 0 saturated carbocycles.